The molecule has 0 N–H and O–H groups in total. The number of Topliss-reactive ketones (excluding diaryl/α,β-unsaturated/α-hetero) is 2. The standard InChI is InChI=1S/C13H10O2/c1-3-8-6-5-7-10-11(8)9(4-2)12(14)13(10)15/h3-7H,1H2,2H3/b9-4+. The molecular weight excluding hydrogens is 188 g/mol. The van der Waals surface area contributed by atoms with Crippen LogP contribution in [0.15, 0.2) is 30.9 Å². The van der Waals surface area contributed by atoms with Crippen LogP contribution in [0.2, 0.25) is 0 Å². The zero-order chi connectivity index (χ0) is 11.0. The van der Waals surface area contributed by atoms with Crippen molar-refractivity contribution in [3.63, 3.8) is 0 Å². The van der Waals surface area contributed by atoms with Gasteiger partial charge in [-0.3, -0.25) is 9.59 Å². The molecule has 0 saturated heterocycles. The summed E-state index contributed by atoms with van der Waals surface area (Å²) in [4.78, 5) is 23.2. The van der Waals surface area contributed by atoms with Crippen LogP contribution in [0.25, 0.3) is 11.6 Å². The van der Waals surface area contributed by atoms with Crippen molar-refractivity contribution in [3.8, 4) is 0 Å². The van der Waals surface area contributed by atoms with Crippen LogP contribution in [0.1, 0.15) is 28.4 Å². The first-order valence-corrected chi connectivity index (χ1v) is 4.72. The van der Waals surface area contributed by atoms with E-state index in [0.29, 0.717) is 11.1 Å². The van der Waals surface area contributed by atoms with Crippen molar-refractivity contribution in [2.45, 2.75) is 6.92 Å². The van der Waals surface area contributed by atoms with E-state index in [9.17, 15) is 9.59 Å². The Hall–Kier alpha value is -1.96. The third-order valence-corrected chi connectivity index (χ3v) is 2.57. The van der Waals surface area contributed by atoms with Crippen molar-refractivity contribution in [1.82, 2.24) is 0 Å². The van der Waals surface area contributed by atoms with Gasteiger partial charge in [-0.2, -0.15) is 0 Å². The van der Waals surface area contributed by atoms with E-state index in [1.165, 1.54) is 0 Å². The largest absolute Gasteiger partial charge is 0.285 e. The maximum absolute atomic E-state index is 11.6. The number of hydrogen-bond acceptors (Lipinski definition) is 2. The van der Waals surface area contributed by atoms with Gasteiger partial charge < -0.3 is 0 Å². The van der Waals surface area contributed by atoms with E-state index in [0.717, 1.165) is 11.1 Å². The molecule has 0 aliphatic heterocycles. The molecule has 0 fully saturated rings. The summed E-state index contributed by atoms with van der Waals surface area (Å²) in [6, 6.07) is 5.29. The molecule has 0 aromatic heterocycles. The van der Waals surface area contributed by atoms with Gasteiger partial charge >= 0.3 is 0 Å². The van der Waals surface area contributed by atoms with Crippen LogP contribution in [0.5, 0.6) is 0 Å². The number of carbonyl (C=O) groups excluding carboxylic acids is 2. The highest BCUT2D eigenvalue weighted by molar-refractivity contribution is 6.63. The SMILES string of the molecule is C=Cc1cccc2c1/C(=C\C)C(=O)C2=O. The Morgan fingerprint density at radius 3 is 2.53 bits per heavy atom. The number of fused-ring (bicyclic) bond motifs is 1. The number of hydrogen-bond donors (Lipinski definition) is 0. The van der Waals surface area contributed by atoms with Crippen LogP contribution in [0.3, 0.4) is 0 Å². The smallest absolute Gasteiger partial charge is 0.234 e. The highest BCUT2D eigenvalue weighted by atomic mass is 16.2. The molecule has 0 bridgehead atoms. The van der Waals surface area contributed by atoms with Crippen molar-refractivity contribution < 1.29 is 9.59 Å². The van der Waals surface area contributed by atoms with Crippen molar-refractivity contribution in [2.24, 2.45) is 0 Å². The summed E-state index contributed by atoms with van der Waals surface area (Å²) in [5, 5.41) is 0. The van der Waals surface area contributed by atoms with Gasteiger partial charge in [0.25, 0.3) is 0 Å². The number of rotatable bonds is 1. The van der Waals surface area contributed by atoms with E-state index in [4.69, 9.17) is 0 Å². The number of benzene rings is 1. The lowest BCUT2D eigenvalue weighted by atomic mass is 10.00. The summed E-state index contributed by atoms with van der Waals surface area (Å²) in [6.07, 6.45) is 3.34. The van der Waals surface area contributed by atoms with Crippen LogP contribution in [0.4, 0.5) is 0 Å². The summed E-state index contributed by atoms with van der Waals surface area (Å²) in [7, 11) is 0. The molecule has 2 nitrogen and oxygen atoms in total. The predicted octanol–water partition coefficient (Wildman–Crippen LogP) is 2.50. The number of ketones is 2. The molecule has 0 amide bonds. The second kappa shape index (κ2) is 3.31. The topological polar surface area (TPSA) is 34.1 Å². The van der Waals surface area contributed by atoms with Crippen LogP contribution < -0.4 is 0 Å². The Morgan fingerprint density at radius 2 is 1.93 bits per heavy atom. The fourth-order valence-electron chi connectivity index (χ4n) is 1.86. The van der Waals surface area contributed by atoms with E-state index in [1.54, 1.807) is 31.2 Å². The molecule has 1 aliphatic rings. The van der Waals surface area contributed by atoms with Gasteiger partial charge in [0, 0.05) is 16.7 Å². The first-order valence-electron chi connectivity index (χ1n) is 4.72. The van der Waals surface area contributed by atoms with Gasteiger partial charge in [-0.15, -0.1) is 0 Å². The quantitative estimate of drug-likeness (QED) is 0.513. The molecule has 1 aliphatic carbocycles. The maximum Gasteiger partial charge on any atom is 0.234 e. The minimum Gasteiger partial charge on any atom is -0.285 e. The van der Waals surface area contributed by atoms with Crippen LogP contribution >= 0.6 is 0 Å². The summed E-state index contributed by atoms with van der Waals surface area (Å²) in [5.74, 6) is -0.830. The molecule has 0 unspecified atom stereocenters. The van der Waals surface area contributed by atoms with Gasteiger partial charge in [0.05, 0.1) is 0 Å². The highest BCUT2D eigenvalue weighted by Crippen LogP contribution is 2.32. The Balaban J connectivity index is 2.83. The van der Waals surface area contributed by atoms with Gasteiger partial charge in [0.2, 0.25) is 11.6 Å². The summed E-state index contributed by atoms with van der Waals surface area (Å²) >= 11 is 0. The minimum absolute atomic E-state index is 0.415. The molecule has 0 heterocycles. The third kappa shape index (κ3) is 1.18. The lowest BCUT2D eigenvalue weighted by molar-refractivity contribution is -0.109. The van der Waals surface area contributed by atoms with E-state index >= 15 is 0 Å². The van der Waals surface area contributed by atoms with Crippen molar-refractivity contribution in [3.05, 3.63) is 47.5 Å². The first-order chi connectivity index (χ1) is 7.20. The molecule has 0 atom stereocenters. The summed E-state index contributed by atoms with van der Waals surface area (Å²) in [5.41, 5.74) is 2.54. The fourth-order valence-corrected chi connectivity index (χ4v) is 1.86. The van der Waals surface area contributed by atoms with Crippen molar-refractivity contribution in [2.75, 3.05) is 0 Å². The fraction of sp³-hybridized carbons (Fsp3) is 0.0769. The van der Waals surface area contributed by atoms with Crippen molar-refractivity contribution in [1.29, 1.82) is 0 Å². The van der Waals surface area contributed by atoms with Gasteiger partial charge in [-0.05, 0) is 12.5 Å². The zero-order valence-corrected chi connectivity index (χ0v) is 8.41. The average molecular weight is 198 g/mol. The zero-order valence-electron chi connectivity index (χ0n) is 8.41. The van der Waals surface area contributed by atoms with E-state index in [2.05, 4.69) is 6.58 Å². The predicted molar refractivity (Wildman–Crippen MR) is 59.5 cm³/mol. The molecule has 0 radical (unpaired) electrons. The maximum atomic E-state index is 11.6. The van der Waals surface area contributed by atoms with E-state index < -0.39 is 11.6 Å². The van der Waals surface area contributed by atoms with Crippen LogP contribution in [0, 0.1) is 0 Å². The normalized spacial score (nSPS) is 17.0. The number of carbonyl (C=O) groups is 2. The summed E-state index contributed by atoms with van der Waals surface area (Å²) in [6.45, 7) is 5.44. The third-order valence-electron chi connectivity index (χ3n) is 2.57. The monoisotopic (exact) mass is 198 g/mol. The van der Waals surface area contributed by atoms with Gasteiger partial charge in [-0.1, -0.05) is 36.9 Å². The second-order valence-corrected chi connectivity index (χ2v) is 3.33. The minimum atomic E-state index is -0.415. The van der Waals surface area contributed by atoms with Crippen molar-refractivity contribution >= 4 is 23.2 Å². The lowest BCUT2D eigenvalue weighted by Crippen LogP contribution is -2.05. The van der Waals surface area contributed by atoms with Crippen LogP contribution in [-0.4, -0.2) is 11.6 Å². The molecule has 1 aromatic rings. The molecular formula is C13H10O2. The number of allylic oxidation sites excluding steroid dienone is 2. The van der Waals surface area contributed by atoms with Gasteiger partial charge in [-0.25, -0.2) is 0 Å². The first kappa shape index (κ1) is 9.59. The Labute approximate surface area is 87.9 Å². The average Bonchev–Trinajstić information content (AvgIpc) is 2.52. The molecule has 15 heavy (non-hydrogen) atoms. The van der Waals surface area contributed by atoms with Gasteiger partial charge in [0.1, 0.15) is 0 Å². The molecule has 0 saturated carbocycles. The van der Waals surface area contributed by atoms with E-state index in [-0.39, 0.29) is 0 Å². The summed E-state index contributed by atoms with van der Waals surface area (Å²) < 4.78 is 0. The molecule has 2 heteroatoms. The molecule has 0 spiro atoms. The van der Waals surface area contributed by atoms with Gasteiger partial charge in [0.15, 0.2) is 0 Å². The van der Waals surface area contributed by atoms with Crippen LogP contribution in [-0.2, 0) is 4.79 Å². The Kier molecular flexibility index (Phi) is 2.12. The Bertz CT molecular complexity index is 507. The van der Waals surface area contributed by atoms with E-state index in [1.807, 2.05) is 6.07 Å². The molecule has 74 valence electrons. The molecule has 1 aromatic carbocycles. The Morgan fingerprint density at radius 1 is 1.20 bits per heavy atom. The lowest BCUT2D eigenvalue weighted by Gasteiger charge is -2.02. The second-order valence-electron chi connectivity index (χ2n) is 3.33. The highest BCUT2D eigenvalue weighted by Gasteiger charge is 2.33. The molecule has 2 rings (SSSR count).